The van der Waals surface area contributed by atoms with E-state index < -0.39 is 0 Å². The fraction of sp³-hybridized carbons (Fsp3) is 0.923. The molecule has 0 radical (unpaired) electrons. The van der Waals surface area contributed by atoms with Crippen molar-refractivity contribution in [2.24, 2.45) is 17.6 Å². The number of hydrogen-bond acceptors (Lipinski definition) is 3. The van der Waals surface area contributed by atoms with E-state index in [0.29, 0.717) is 18.5 Å². The summed E-state index contributed by atoms with van der Waals surface area (Å²) < 4.78 is 0. The molecular formula is C13H25N3O. The summed E-state index contributed by atoms with van der Waals surface area (Å²) in [6, 6.07) is 0.387. The minimum Gasteiger partial charge on any atom is -0.353 e. The second kappa shape index (κ2) is 5.83. The van der Waals surface area contributed by atoms with Crippen molar-refractivity contribution in [3.05, 3.63) is 0 Å². The first-order chi connectivity index (χ1) is 8.20. The lowest BCUT2D eigenvalue weighted by molar-refractivity contribution is -0.127. The van der Waals surface area contributed by atoms with E-state index in [1.807, 2.05) is 0 Å². The van der Waals surface area contributed by atoms with Crippen LogP contribution in [0.25, 0.3) is 0 Å². The van der Waals surface area contributed by atoms with Crippen molar-refractivity contribution in [1.29, 1.82) is 0 Å². The molecule has 0 aromatic heterocycles. The third-order valence-electron chi connectivity index (χ3n) is 4.36. The maximum absolute atomic E-state index is 12.2. The molecule has 1 aliphatic heterocycles. The molecule has 2 unspecified atom stereocenters. The van der Waals surface area contributed by atoms with Gasteiger partial charge in [-0.3, -0.25) is 4.79 Å². The number of piperidine rings is 1. The minimum atomic E-state index is 0.180. The van der Waals surface area contributed by atoms with Gasteiger partial charge in [0.2, 0.25) is 5.91 Å². The molecule has 2 atom stereocenters. The number of nitrogens with one attached hydrogen (secondary N) is 1. The zero-order valence-corrected chi connectivity index (χ0v) is 10.8. The van der Waals surface area contributed by atoms with Gasteiger partial charge in [0.25, 0.3) is 0 Å². The SMILES string of the molecule is CN1CCC(NC(=O)C2CCCC2CN)CC1. The van der Waals surface area contributed by atoms with Crippen molar-refractivity contribution in [1.82, 2.24) is 10.2 Å². The van der Waals surface area contributed by atoms with Crippen molar-refractivity contribution in [3.63, 3.8) is 0 Å². The molecule has 2 rings (SSSR count). The second-order valence-electron chi connectivity index (χ2n) is 5.62. The largest absolute Gasteiger partial charge is 0.353 e. The molecule has 2 aliphatic rings. The summed E-state index contributed by atoms with van der Waals surface area (Å²) >= 11 is 0. The average molecular weight is 239 g/mol. The molecule has 2 fully saturated rings. The van der Waals surface area contributed by atoms with Gasteiger partial charge in [-0.2, -0.15) is 0 Å². The Bertz CT molecular complexity index is 261. The number of likely N-dealkylation sites (tertiary alicyclic amines) is 1. The standard InChI is InChI=1S/C13H25N3O/c1-16-7-5-11(6-8-16)15-13(17)12-4-2-3-10(12)9-14/h10-12H,2-9,14H2,1H3,(H,15,17). The summed E-state index contributed by atoms with van der Waals surface area (Å²) in [5.74, 6) is 0.855. The first kappa shape index (κ1) is 12.8. The van der Waals surface area contributed by atoms with Gasteiger partial charge in [-0.25, -0.2) is 0 Å². The molecule has 3 N–H and O–H groups in total. The summed E-state index contributed by atoms with van der Waals surface area (Å²) in [4.78, 5) is 14.5. The number of hydrogen-bond donors (Lipinski definition) is 2. The fourth-order valence-corrected chi connectivity index (χ4v) is 3.13. The Kier molecular flexibility index (Phi) is 4.40. The molecule has 1 aliphatic carbocycles. The van der Waals surface area contributed by atoms with Gasteiger partial charge in [-0.05, 0) is 58.3 Å². The Morgan fingerprint density at radius 1 is 1.29 bits per heavy atom. The molecule has 4 nitrogen and oxygen atoms in total. The lowest BCUT2D eigenvalue weighted by Crippen LogP contribution is -2.46. The van der Waals surface area contributed by atoms with Crippen LogP contribution in [-0.2, 0) is 4.79 Å². The summed E-state index contributed by atoms with van der Waals surface area (Å²) in [5, 5.41) is 3.22. The second-order valence-corrected chi connectivity index (χ2v) is 5.62. The molecular weight excluding hydrogens is 214 g/mol. The van der Waals surface area contributed by atoms with Gasteiger partial charge < -0.3 is 16.0 Å². The third-order valence-corrected chi connectivity index (χ3v) is 4.36. The van der Waals surface area contributed by atoms with Gasteiger partial charge in [-0.15, -0.1) is 0 Å². The quantitative estimate of drug-likeness (QED) is 0.757. The summed E-state index contributed by atoms with van der Waals surface area (Å²) in [6.45, 7) is 2.84. The molecule has 1 heterocycles. The van der Waals surface area contributed by atoms with Crippen LogP contribution in [0.4, 0.5) is 0 Å². The predicted octanol–water partition coefficient (Wildman–Crippen LogP) is 0.572. The first-order valence-corrected chi connectivity index (χ1v) is 6.89. The molecule has 17 heavy (non-hydrogen) atoms. The maximum atomic E-state index is 12.2. The van der Waals surface area contributed by atoms with Crippen molar-refractivity contribution < 1.29 is 4.79 Å². The molecule has 0 spiro atoms. The van der Waals surface area contributed by atoms with E-state index in [-0.39, 0.29) is 11.8 Å². The predicted molar refractivity (Wildman–Crippen MR) is 68.5 cm³/mol. The van der Waals surface area contributed by atoms with Gasteiger partial charge in [0, 0.05) is 12.0 Å². The number of nitrogens with two attached hydrogens (primary N) is 1. The number of amides is 1. The van der Waals surface area contributed by atoms with E-state index in [1.54, 1.807) is 0 Å². The maximum Gasteiger partial charge on any atom is 0.223 e. The monoisotopic (exact) mass is 239 g/mol. The molecule has 0 aromatic rings. The lowest BCUT2D eigenvalue weighted by Gasteiger charge is -2.30. The number of rotatable bonds is 3. The number of carbonyl (C=O) groups is 1. The van der Waals surface area contributed by atoms with Gasteiger partial charge in [0.05, 0.1) is 0 Å². The van der Waals surface area contributed by atoms with Crippen LogP contribution >= 0.6 is 0 Å². The van der Waals surface area contributed by atoms with E-state index in [4.69, 9.17) is 5.73 Å². The van der Waals surface area contributed by atoms with Crippen LogP contribution in [0, 0.1) is 11.8 Å². The lowest BCUT2D eigenvalue weighted by atomic mass is 9.94. The van der Waals surface area contributed by atoms with Crippen LogP contribution in [-0.4, -0.2) is 43.5 Å². The van der Waals surface area contributed by atoms with E-state index in [1.165, 1.54) is 0 Å². The summed E-state index contributed by atoms with van der Waals surface area (Å²) in [7, 11) is 2.14. The van der Waals surface area contributed by atoms with Gasteiger partial charge in [0.1, 0.15) is 0 Å². The Morgan fingerprint density at radius 3 is 2.65 bits per heavy atom. The first-order valence-electron chi connectivity index (χ1n) is 6.89. The van der Waals surface area contributed by atoms with E-state index in [9.17, 15) is 4.79 Å². The van der Waals surface area contributed by atoms with Crippen LogP contribution in [0.2, 0.25) is 0 Å². The topological polar surface area (TPSA) is 58.4 Å². The number of nitrogens with zero attached hydrogens (tertiary/aromatic N) is 1. The van der Waals surface area contributed by atoms with Crippen molar-refractivity contribution in [2.45, 2.75) is 38.1 Å². The zero-order valence-electron chi connectivity index (χ0n) is 10.8. The normalized spacial score (nSPS) is 31.6. The summed E-state index contributed by atoms with van der Waals surface area (Å²) in [5.41, 5.74) is 5.73. The van der Waals surface area contributed by atoms with Crippen LogP contribution in [0.15, 0.2) is 0 Å². The Labute approximate surface area is 104 Å². The molecule has 0 bridgehead atoms. The van der Waals surface area contributed by atoms with Crippen molar-refractivity contribution in [3.8, 4) is 0 Å². The Morgan fingerprint density at radius 2 is 2.00 bits per heavy atom. The van der Waals surface area contributed by atoms with Crippen molar-refractivity contribution in [2.75, 3.05) is 26.7 Å². The smallest absolute Gasteiger partial charge is 0.223 e. The van der Waals surface area contributed by atoms with Crippen molar-refractivity contribution >= 4 is 5.91 Å². The number of carbonyl (C=O) groups excluding carboxylic acids is 1. The van der Waals surface area contributed by atoms with Crippen LogP contribution in [0.3, 0.4) is 0 Å². The van der Waals surface area contributed by atoms with E-state index in [0.717, 1.165) is 45.2 Å². The highest BCUT2D eigenvalue weighted by molar-refractivity contribution is 5.79. The van der Waals surface area contributed by atoms with Gasteiger partial charge in [-0.1, -0.05) is 6.42 Å². The molecule has 4 heteroatoms. The highest BCUT2D eigenvalue weighted by Crippen LogP contribution is 2.31. The molecule has 0 aromatic carbocycles. The van der Waals surface area contributed by atoms with Crippen LogP contribution in [0.1, 0.15) is 32.1 Å². The molecule has 1 saturated heterocycles. The molecule has 1 amide bonds. The third kappa shape index (κ3) is 3.19. The minimum absolute atomic E-state index is 0.180. The summed E-state index contributed by atoms with van der Waals surface area (Å²) in [6.07, 6.45) is 5.49. The van der Waals surface area contributed by atoms with E-state index >= 15 is 0 Å². The van der Waals surface area contributed by atoms with E-state index in [2.05, 4.69) is 17.3 Å². The molecule has 1 saturated carbocycles. The average Bonchev–Trinajstić information content (AvgIpc) is 2.80. The Balaban J connectivity index is 1.80. The van der Waals surface area contributed by atoms with Crippen LogP contribution < -0.4 is 11.1 Å². The van der Waals surface area contributed by atoms with Gasteiger partial charge in [0.15, 0.2) is 0 Å². The van der Waals surface area contributed by atoms with Gasteiger partial charge >= 0.3 is 0 Å². The van der Waals surface area contributed by atoms with Crippen LogP contribution in [0.5, 0.6) is 0 Å². The zero-order chi connectivity index (χ0) is 12.3. The highest BCUT2D eigenvalue weighted by atomic mass is 16.2. The Hall–Kier alpha value is -0.610. The fourth-order valence-electron chi connectivity index (χ4n) is 3.13. The highest BCUT2D eigenvalue weighted by Gasteiger charge is 2.33. The molecule has 98 valence electrons.